The molecule has 0 bridgehead atoms. The third-order valence-corrected chi connectivity index (χ3v) is 3.31. The molecule has 0 saturated heterocycles. The molecule has 0 aliphatic carbocycles. The third kappa shape index (κ3) is 2.43. The number of nitrogens with zero attached hydrogens (tertiary/aromatic N) is 3. The molecule has 0 fully saturated rings. The summed E-state index contributed by atoms with van der Waals surface area (Å²) in [5.74, 6) is 0.555. The van der Waals surface area contributed by atoms with Crippen LogP contribution in [-0.4, -0.2) is 34.8 Å². The molecular formula is C8H12ClN5O2S. The second-order valence-electron chi connectivity index (χ2n) is 3.77. The topological polar surface area (TPSA) is 92.2 Å². The van der Waals surface area contributed by atoms with Crippen LogP contribution in [0, 0.1) is 6.92 Å². The SMILES string of the molecule is Cc1nn2nc(C(C)CN[SH](=O)=O)[nH]c2c1Cl. The minimum atomic E-state index is -2.59. The predicted octanol–water partition coefficient (Wildman–Crippen LogP) is 0.239. The van der Waals surface area contributed by atoms with E-state index < -0.39 is 10.9 Å². The molecule has 9 heteroatoms. The quantitative estimate of drug-likeness (QED) is 0.698. The molecule has 7 nitrogen and oxygen atoms in total. The number of thiol groups is 1. The van der Waals surface area contributed by atoms with E-state index in [2.05, 4.69) is 19.9 Å². The number of hydrogen-bond donors (Lipinski definition) is 3. The molecule has 0 amide bonds. The smallest absolute Gasteiger partial charge is 0.201 e. The number of H-pyrrole nitrogens is 1. The van der Waals surface area contributed by atoms with E-state index >= 15 is 0 Å². The molecule has 2 aromatic heterocycles. The van der Waals surface area contributed by atoms with E-state index in [1.54, 1.807) is 6.92 Å². The first-order chi connectivity index (χ1) is 7.99. The van der Waals surface area contributed by atoms with Crippen molar-refractivity contribution in [3.05, 3.63) is 16.5 Å². The summed E-state index contributed by atoms with van der Waals surface area (Å²) < 4.78 is 24.6. The summed E-state index contributed by atoms with van der Waals surface area (Å²) in [4.78, 5) is 3.03. The van der Waals surface area contributed by atoms with Crippen LogP contribution >= 0.6 is 11.6 Å². The molecule has 2 N–H and O–H groups in total. The Hall–Kier alpha value is -1.12. The Morgan fingerprint density at radius 1 is 1.53 bits per heavy atom. The number of aryl methyl sites for hydroxylation is 1. The monoisotopic (exact) mass is 277 g/mol. The fourth-order valence-corrected chi connectivity index (χ4v) is 2.03. The van der Waals surface area contributed by atoms with Gasteiger partial charge in [-0.3, -0.25) is 0 Å². The van der Waals surface area contributed by atoms with Crippen LogP contribution in [0.1, 0.15) is 24.4 Å². The van der Waals surface area contributed by atoms with Crippen LogP contribution in [0.3, 0.4) is 0 Å². The first-order valence-corrected chi connectivity index (χ1v) is 6.53. The van der Waals surface area contributed by atoms with Crippen molar-refractivity contribution >= 4 is 28.1 Å². The van der Waals surface area contributed by atoms with Crippen LogP contribution in [0.2, 0.25) is 5.02 Å². The lowest BCUT2D eigenvalue weighted by Gasteiger charge is -2.04. The van der Waals surface area contributed by atoms with Gasteiger partial charge in [-0.2, -0.15) is 5.10 Å². The number of nitrogens with one attached hydrogen (secondary N) is 2. The van der Waals surface area contributed by atoms with Crippen molar-refractivity contribution in [2.24, 2.45) is 0 Å². The maximum absolute atomic E-state index is 10.4. The zero-order chi connectivity index (χ0) is 12.6. The number of rotatable bonds is 4. The van der Waals surface area contributed by atoms with E-state index in [0.29, 0.717) is 22.2 Å². The summed E-state index contributed by atoms with van der Waals surface area (Å²) in [5.41, 5.74) is 1.32. The lowest BCUT2D eigenvalue weighted by atomic mass is 10.2. The average molecular weight is 278 g/mol. The van der Waals surface area contributed by atoms with Gasteiger partial charge in [-0.05, 0) is 6.92 Å². The first-order valence-electron chi connectivity index (χ1n) is 4.98. The van der Waals surface area contributed by atoms with E-state index in [1.807, 2.05) is 6.92 Å². The first kappa shape index (κ1) is 12.3. The van der Waals surface area contributed by atoms with Crippen LogP contribution in [0.25, 0.3) is 5.65 Å². The maximum Gasteiger partial charge on any atom is 0.201 e. The van der Waals surface area contributed by atoms with E-state index in [9.17, 15) is 8.42 Å². The number of aromatic amines is 1. The van der Waals surface area contributed by atoms with Crippen LogP contribution in [0.4, 0.5) is 0 Å². The summed E-state index contributed by atoms with van der Waals surface area (Å²) in [5, 5.41) is 8.84. The molecule has 2 heterocycles. The van der Waals surface area contributed by atoms with Crippen molar-refractivity contribution in [2.45, 2.75) is 19.8 Å². The van der Waals surface area contributed by atoms with Crippen molar-refractivity contribution in [1.82, 2.24) is 24.5 Å². The van der Waals surface area contributed by atoms with Gasteiger partial charge in [0.25, 0.3) is 0 Å². The Morgan fingerprint density at radius 2 is 2.24 bits per heavy atom. The van der Waals surface area contributed by atoms with Gasteiger partial charge in [0.2, 0.25) is 10.9 Å². The van der Waals surface area contributed by atoms with Crippen molar-refractivity contribution in [1.29, 1.82) is 0 Å². The van der Waals surface area contributed by atoms with Crippen molar-refractivity contribution in [3.8, 4) is 0 Å². The lowest BCUT2D eigenvalue weighted by Crippen LogP contribution is -2.19. The highest BCUT2D eigenvalue weighted by Gasteiger charge is 2.15. The number of halogens is 1. The Bertz CT molecular complexity index is 609. The maximum atomic E-state index is 10.4. The molecule has 1 atom stereocenters. The fourth-order valence-electron chi connectivity index (χ4n) is 1.45. The van der Waals surface area contributed by atoms with Gasteiger partial charge in [0, 0.05) is 12.5 Å². The Kier molecular flexibility index (Phi) is 3.36. The molecule has 0 aliphatic rings. The van der Waals surface area contributed by atoms with E-state index in [-0.39, 0.29) is 12.5 Å². The number of aromatic nitrogens is 4. The van der Waals surface area contributed by atoms with Gasteiger partial charge in [-0.25, -0.2) is 13.1 Å². The fraction of sp³-hybridized carbons (Fsp3) is 0.500. The van der Waals surface area contributed by atoms with E-state index in [0.717, 1.165) is 0 Å². The van der Waals surface area contributed by atoms with Gasteiger partial charge in [0.15, 0.2) is 5.65 Å². The van der Waals surface area contributed by atoms with Gasteiger partial charge in [-0.1, -0.05) is 18.5 Å². The molecule has 17 heavy (non-hydrogen) atoms. The molecule has 2 rings (SSSR count). The lowest BCUT2D eigenvalue weighted by molar-refractivity contribution is 0.589. The summed E-state index contributed by atoms with van der Waals surface area (Å²) in [6.07, 6.45) is 0. The third-order valence-electron chi connectivity index (χ3n) is 2.41. The Labute approximate surface area is 104 Å². The molecule has 0 radical (unpaired) electrons. The van der Waals surface area contributed by atoms with E-state index in [1.165, 1.54) is 4.63 Å². The zero-order valence-electron chi connectivity index (χ0n) is 9.27. The number of hydrogen-bond acceptors (Lipinski definition) is 4. The molecule has 0 aromatic carbocycles. The highest BCUT2D eigenvalue weighted by atomic mass is 35.5. The Balaban J connectivity index is 2.24. The van der Waals surface area contributed by atoms with Crippen molar-refractivity contribution in [3.63, 3.8) is 0 Å². The van der Waals surface area contributed by atoms with Crippen molar-refractivity contribution in [2.75, 3.05) is 6.54 Å². The standard InChI is InChI=1S/C8H12ClN5O2S/c1-4(3-10-17(15)16)7-11-8-6(9)5(2)12-14(8)13-7/h4,17H,3H2,1-2H3,(H,11,13)(H,10,15,16). The summed E-state index contributed by atoms with van der Waals surface area (Å²) >= 11 is 6.02. The normalized spacial score (nSPS) is 13.6. The molecule has 0 aliphatic heterocycles. The summed E-state index contributed by atoms with van der Waals surface area (Å²) in [6.45, 7) is 3.93. The van der Waals surface area contributed by atoms with Gasteiger partial charge < -0.3 is 4.98 Å². The number of fused-ring (bicyclic) bond motifs is 1. The van der Waals surface area contributed by atoms with Gasteiger partial charge in [-0.15, -0.1) is 9.73 Å². The highest BCUT2D eigenvalue weighted by Crippen LogP contribution is 2.21. The van der Waals surface area contributed by atoms with Crippen LogP contribution in [-0.2, 0) is 10.9 Å². The minimum absolute atomic E-state index is 0.0824. The van der Waals surface area contributed by atoms with Crippen LogP contribution < -0.4 is 4.72 Å². The van der Waals surface area contributed by atoms with Crippen molar-refractivity contribution < 1.29 is 8.42 Å². The second kappa shape index (κ2) is 4.63. The highest BCUT2D eigenvalue weighted by molar-refractivity contribution is 7.70. The van der Waals surface area contributed by atoms with Gasteiger partial charge >= 0.3 is 0 Å². The molecule has 94 valence electrons. The minimum Gasteiger partial charge on any atom is -0.324 e. The summed E-state index contributed by atoms with van der Waals surface area (Å²) in [6, 6.07) is 0. The van der Waals surface area contributed by atoms with Crippen LogP contribution in [0.5, 0.6) is 0 Å². The summed E-state index contributed by atoms with van der Waals surface area (Å²) in [7, 11) is -2.59. The largest absolute Gasteiger partial charge is 0.324 e. The predicted molar refractivity (Wildman–Crippen MR) is 63.8 cm³/mol. The molecule has 0 saturated carbocycles. The van der Waals surface area contributed by atoms with Gasteiger partial charge in [0.05, 0.1) is 5.69 Å². The molecule has 0 spiro atoms. The average Bonchev–Trinajstić information content (AvgIpc) is 2.77. The molecule has 1 unspecified atom stereocenters. The molecule has 2 aromatic rings. The van der Waals surface area contributed by atoms with Gasteiger partial charge in [0.1, 0.15) is 10.8 Å². The van der Waals surface area contributed by atoms with Crippen LogP contribution in [0.15, 0.2) is 0 Å². The Morgan fingerprint density at radius 3 is 2.82 bits per heavy atom. The zero-order valence-corrected chi connectivity index (χ0v) is 10.9. The second-order valence-corrected chi connectivity index (χ2v) is 4.98. The molecular weight excluding hydrogens is 266 g/mol. The van der Waals surface area contributed by atoms with E-state index in [4.69, 9.17) is 11.6 Å².